The van der Waals surface area contributed by atoms with Gasteiger partial charge in [-0.2, -0.15) is 5.10 Å². The number of nitrogens with zero attached hydrogens (tertiary/aromatic N) is 5. The highest BCUT2D eigenvalue weighted by Crippen LogP contribution is 2.36. The van der Waals surface area contributed by atoms with Crippen LogP contribution in [-0.2, 0) is 17.8 Å². The molecule has 0 saturated heterocycles. The summed E-state index contributed by atoms with van der Waals surface area (Å²) in [6.45, 7) is 12.1. The average molecular weight is 474 g/mol. The van der Waals surface area contributed by atoms with Crippen molar-refractivity contribution < 1.29 is 4.79 Å². The summed E-state index contributed by atoms with van der Waals surface area (Å²) < 4.78 is 1.36. The van der Waals surface area contributed by atoms with Crippen LogP contribution < -0.4 is 4.90 Å². The Morgan fingerprint density at radius 2 is 1.82 bits per heavy atom. The van der Waals surface area contributed by atoms with Crippen LogP contribution in [0, 0.1) is 20.8 Å². The van der Waals surface area contributed by atoms with Crippen LogP contribution in [0.2, 0.25) is 5.15 Å². The molecule has 0 radical (unpaired) electrons. The molecule has 0 amide bonds. The van der Waals surface area contributed by atoms with E-state index in [9.17, 15) is 4.79 Å². The predicted octanol–water partition coefficient (Wildman–Crippen LogP) is 5.80. The highest BCUT2D eigenvalue weighted by Gasteiger charge is 2.25. The van der Waals surface area contributed by atoms with Crippen LogP contribution in [-0.4, -0.2) is 32.7 Å². The maximum Gasteiger partial charge on any atom is 0.234 e. The van der Waals surface area contributed by atoms with Crippen LogP contribution in [0.15, 0.2) is 30.3 Å². The van der Waals surface area contributed by atoms with Gasteiger partial charge in [0.2, 0.25) is 6.41 Å². The molecule has 5 rings (SSSR count). The Labute approximate surface area is 204 Å². The zero-order chi connectivity index (χ0) is 24.1. The molecule has 1 aliphatic rings. The Balaban J connectivity index is 1.58. The lowest BCUT2D eigenvalue weighted by atomic mass is 9.98. The number of aromatic nitrogens is 4. The monoisotopic (exact) mass is 473 g/mol. The molecule has 0 atom stereocenters. The minimum absolute atomic E-state index is 0.476. The van der Waals surface area contributed by atoms with Crippen molar-refractivity contribution in [3.63, 3.8) is 0 Å². The summed E-state index contributed by atoms with van der Waals surface area (Å²) in [7, 11) is 0. The lowest BCUT2D eigenvalue weighted by molar-refractivity contribution is 0.542. The van der Waals surface area contributed by atoms with E-state index in [1.165, 1.54) is 21.5 Å². The van der Waals surface area contributed by atoms with Crippen molar-refractivity contribution in [1.29, 1.82) is 0 Å². The molecule has 174 valence electrons. The molecule has 0 bridgehead atoms. The topological polar surface area (TPSA) is 63.9 Å². The second-order valence-electron chi connectivity index (χ2n) is 9.42. The number of hydrogen-bond acceptors (Lipinski definition) is 5. The SMILES string of the molecule is Cc1ccc(C(C)C)cc1N1CCc2nc(-c3c(C)ccc4c3c(C)nn4C=O)nc(Cl)c2C1. The third-order valence-corrected chi connectivity index (χ3v) is 7.14. The summed E-state index contributed by atoms with van der Waals surface area (Å²) in [4.78, 5) is 23.6. The molecule has 0 spiro atoms. The van der Waals surface area contributed by atoms with Crippen LogP contribution in [0.25, 0.3) is 22.3 Å². The zero-order valence-electron chi connectivity index (χ0n) is 20.2. The summed E-state index contributed by atoms with van der Waals surface area (Å²) in [6, 6.07) is 10.6. The Bertz CT molecular complexity index is 1440. The molecule has 0 saturated carbocycles. The van der Waals surface area contributed by atoms with Gasteiger partial charge < -0.3 is 4.90 Å². The summed E-state index contributed by atoms with van der Waals surface area (Å²) >= 11 is 6.79. The molecular weight excluding hydrogens is 446 g/mol. The summed E-state index contributed by atoms with van der Waals surface area (Å²) in [6.07, 6.45) is 1.51. The molecule has 1 aliphatic heterocycles. The minimum Gasteiger partial charge on any atom is -0.366 e. The maximum absolute atomic E-state index is 11.5. The first-order valence-corrected chi connectivity index (χ1v) is 12.0. The molecule has 6 nitrogen and oxygen atoms in total. The van der Waals surface area contributed by atoms with Crippen molar-refractivity contribution in [2.24, 2.45) is 0 Å². The van der Waals surface area contributed by atoms with Gasteiger partial charge in [0.05, 0.1) is 16.9 Å². The van der Waals surface area contributed by atoms with Crippen LogP contribution >= 0.6 is 11.6 Å². The fourth-order valence-electron chi connectivity index (χ4n) is 4.90. The molecule has 2 aromatic carbocycles. The molecule has 4 aromatic rings. The van der Waals surface area contributed by atoms with Crippen LogP contribution in [0.4, 0.5) is 5.69 Å². The number of rotatable bonds is 4. The van der Waals surface area contributed by atoms with Gasteiger partial charge in [-0.25, -0.2) is 14.6 Å². The van der Waals surface area contributed by atoms with Gasteiger partial charge in [-0.1, -0.05) is 43.6 Å². The molecular formula is C27H28ClN5O. The normalized spacial score (nSPS) is 13.6. The third kappa shape index (κ3) is 3.66. The van der Waals surface area contributed by atoms with Gasteiger partial charge in [0, 0.05) is 41.7 Å². The largest absolute Gasteiger partial charge is 0.366 e. The number of carbonyl (C=O) groups excluding carboxylic acids is 1. The van der Waals surface area contributed by atoms with E-state index in [-0.39, 0.29) is 0 Å². The molecule has 0 aliphatic carbocycles. The van der Waals surface area contributed by atoms with E-state index in [2.05, 4.69) is 49.0 Å². The second-order valence-corrected chi connectivity index (χ2v) is 9.78. The van der Waals surface area contributed by atoms with Crippen molar-refractivity contribution in [2.75, 3.05) is 11.4 Å². The van der Waals surface area contributed by atoms with Crippen molar-refractivity contribution in [2.45, 2.75) is 53.5 Å². The number of benzene rings is 2. The van der Waals surface area contributed by atoms with Gasteiger partial charge in [0.1, 0.15) is 5.15 Å². The van der Waals surface area contributed by atoms with Crippen LogP contribution in [0.3, 0.4) is 0 Å². The van der Waals surface area contributed by atoms with E-state index in [4.69, 9.17) is 21.6 Å². The number of carbonyl (C=O) groups is 1. The second kappa shape index (κ2) is 8.51. The predicted molar refractivity (Wildman–Crippen MR) is 137 cm³/mol. The Hall–Kier alpha value is -3.25. The number of halogens is 1. The maximum atomic E-state index is 11.5. The fourth-order valence-corrected chi connectivity index (χ4v) is 5.15. The standard InChI is InChI=1S/C27H28ClN5O/c1-15(2)19-8-6-16(3)23(12-19)32-11-10-21-20(13-32)26(28)30-27(29-21)24-17(4)7-9-22-25(24)18(5)31-33(22)14-34/h6-9,12,14-15H,10-11,13H2,1-5H3. The highest BCUT2D eigenvalue weighted by molar-refractivity contribution is 6.30. The third-order valence-electron chi connectivity index (χ3n) is 6.83. The quantitative estimate of drug-likeness (QED) is 0.277. The minimum atomic E-state index is 0.476. The summed E-state index contributed by atoms with van der Waals surface area (Å²) in [5, 5.41) is 5.75. The number of anilines is 1. The number of hydrogen-bond donors (Lipinski definition) is 0. The van der Waals surface area contributed by atoms with Crippen molar-refractivity contribution in [3.05, 3.63) is 69.1 Å². The average Bonchev–Trinajstić information content (AvgIpc) is 3.14. The molecule has 0 unspecified atom stereocenters. The van der Waals surface area contributed by atoms with Crippen molar-refractivity contribution in [1.82, 2.24) is 19.7 Å². The Morgan fingerprint density at radius 3 is 2.56 bits per heavy atom. The van der Waals surface area contributed by atoms with E-state index >= 15 is 0 Å². The molecule has 3 heterocycles. The van der Waals surface area contributed by atoms with Gasteiger partial charge in [-0.3, -0.25) is 4.79 Å². The fraction of sp³-hybridized carbons (Fsp3) is 0.333. The van der Waals surface area contributed by atoms with E-state index in [1.54, 1.807) is 0 Å². The lowest BCUT2D eigenvalue weighted by Gasteiger charge is -2.32. The molecule has 2 aromatic heterocycles. The first-order chi connectivity index (χ1) is 16.3. The first kappa shape index (κ1) is 22.5. The van der Waals surface area contributed by atoms with Gasteiger partial charge >= 0.3 is 0 Å². The van der Waals surface area contributed by atoms with Crippen LogP contribution in [0.5, 0.6) is 0 Å². The van der Waals surface area contributed by atoms with Gasteiger partial charge in [-0.15, -0.1) is 0 Å². The summed E-state index contributed by atoms with van der Waals surface area (Å²) in [5.41, 5.74) is 9.23. The van der Waals surface area contributed by atoms with Gasteiger partial charge in [-0.05, 0) is 55.5 Å². The number of aryl methyl sites for hydroxylation is 3. The Kier molecular flexibility index (Phi) is 5.64. The molecule has 0 N–H and O–H groups in total. The first-order valence-electron chi connectivity index (χ1n) is 11.6. The molecule has 0 fully saturated rings. The molecule has 34 heavy (non-hydrogen) atoms. The van der Waals surface area contributed by atoms with E-state index < -0.39 is 0 Å². The van der Waals surface area contributed by atoms with Gasteiger partial charge in [0.25, 0.3) is 0 Å². The summed E-state index contributed by atoms with van der Waals surface area (Å²) in [5.74, 6) is 1.07. The van der Waals surface area contributed by atoms with Gasteiger partial charge in [0.15, 0.2) is 5.82 Å². The van der Waals surface area contributed by atoms with Crippen molar-refractivity contribution in [3.8, 4) is 11.4 Å². The smallest absolute Gasteiger partial charge is 0.234 e. The zero-order valence-corrected chi connectivity index (χ0v) is 20.9. The number of fused-ring (bicyclic) bond motifs is 2. The lowest BCUT2D eigenvalue weighted by Crippen LogP contribution is -2.32. The van der Waals surface area contributed by atoms with E-state index in [0.717, 1.165) is 58.4 Å². The van der Waals surface area contributed by atoms with Crippen LogP contribution in [0.1, 0.15) is 53.4 Å². The Morgan fingerprint density at radius 1 is 1.06 bits per heavy atom. The van der Waals surface area contributed by atoms with E-state index in [1.807, 2.05) is 26.0 Å². The highest BCUT2D eigenvalue weighted by atomic mass is 35.5. The molecule has 7 heteroatoms. The van der Waals surface area contributed by atoms with Crippen molar-refractivity contribution >= 4 is 34.6 Å². The van der Waals surface area contributed by atoms with E-state index in [0.29, 0.717) is 23.4 Å².